The molecule has 106 valence electrons. The van der Waals surface area contributed by atoms with Crippen molar-refractivity contribution in [3.05, 3.63) is 16.5 Å². The summed E-state index contributed by atoms with van der Waals surface area (Å²) in [7, 11) is 0. The van der Waals surface area contributed by atoms with Gasteiger partial charge in [-0.05, 0) is 43.1 Å². The summed E-state index contributed by atoms with van der Waals surface area (Å²) in [5.74, 6) is 0.819. The zero-order valence-electron chi connectivity index (χ0n) is 11.7. The number of hydrogen-bond acceptors (Lipinski definition) is 5. The first-order valence-electron chi connectivity index (χ1n) is 6.18. The standard InChI is InChI=1S/C13H19BrN2O2S/c1-5-6-10-15-9(14)7-11(16-10)19-8-12(17)18-13(2,3)4/h7H,5-6,8H2,1-4H3. The molecule has 0 N–H and O–H groups in total. The fraction of sp³-hybridized carbons (Fsp3) is 0.615. The second kappa shape index (κ2) is 7.24. The second-order valence-electron chi connectivity index (χ2n) is 5.07. The van der Waals surface area contributed by atoms with Crippen molar-refractivity contribution >= 4 is 33.7 Å². The Kier molecular flexibility index (Phi) is 6.26. The quantitative estimate of drug-likeness (QED) is 0.463. The van der Waals surface area contributed by atoms with Gasteiger partial charge in [0.15, 0.2) is 0 Å². The van der Waals surface area contributed by atoms with Crippen LogP contribution in [0.3, 0.4) is 0 Å². The minimum Gasteiger partial charge on any atom is -0.459 e. The third-order valence-corrected chi connectivity index (χ3v) is 3.24. The summed E-state index contributed by atoms with van der Waals surface area (Å²) in [5, 5.41) is 0.788. The monoisotopic (exact) mass is 346 g/mol. The molecule has 0 saturated carbocycles. The lowest BCUT2D eigenvalue weighted by molar-refractivity contribution is -0.151. The van der Waals surface area contributed by atoms with Crippen molar-refractivity contribution in [3.8, 4) is 0 Å². The number of esters is 1. The molecule has 1 heterocycles. The van der Waals surface area contributed by atoms with Gasteiger partial charge in [-0.2, -0.15) is 0 Å². The van der Waals surface area contributed by atoms with E-state index in [4.69, 9.17) is 4.74 Å². The number of aryl methyl sites for hydroxylation is 1. The molecule has 1 rings (SSSR count). The molecule has 0 fully saturated rings. The van der Waals surface area contributed by atoms with Crippen LogP contribution < -0.4 is 0 Å². The van der Waals surface area contributed by atoms with Gasteiger partial charge in [-0.25, -0.2) is 9.97 Å². The highest BCUT2D eigenvalue weighted by Crippen LogP contribution is 2.20. The van der Waals surface area contributed by atoms with E-state index >= 15 is 0 Å². The van der Waals surface area contributed by atoms with Crippen molar-refractivity contribution in [2.24, 2.45) is 0 Å². The molecule has 4 nitrogen and oxygen atoms in total. The number of carbonyl (C=O) groups is 1. The molecular weight excluding hydrogens is 328 g/mol. The fourth-order valence-electron chi connectivity index (χ4n) is 1.36. The molecule has 0 aliphatic rings. The van der Waals surface area contributed by atoms with Crippen LogP contribution in [0.1, 0.15) is 39.9 Å². The lowest BCUT2D eigenvalue weighted by Crippen LogP contribution is -2.24. The van der Waals surface area contributed by atoms with Gasteiger partial charge in [-0.15, -0.1) is 0 Å². The zero-order chi connectivity index (χ0) is 14.5. The molecule has 1 aromatic heterocycles. The van der Waals surface area contributed by atoms with Crippen molar-refractivity contribution in [1.82, 2.24) is 9.97 Å². The summed E-state index contributed by atoms with van der Waals surface area (Å²) >= 11 is 4.73. The summed E-state index contributed by atoms with van der Waals surface area (Å²) < 4.78 is 6.00. The number of rotatable bonds is 5. The Morgan fingerprint density at radius 2 is 2.11 bits per heavy atom. The van der Waals surface area contributed by atoms with Crippen LogP contribution in [-0.4, -0.2) is 27.3 Å². The number of aromatic nitrogens is 2. The smallest absolute Gasteiger partial charge is 0.316 e. The maximum absolute atomic E-state index is 11.6. The van der Waals surface area contributed by atoms with E-state index in [9.17, 15) is 4.79 Å². The van der Waals surface area contributed by atoms with E-state index in [2.05, 4.69) is 32.8 Å². The van der Waals surface area contributed by atoms with E-state index in [1.165, 1.54) is 11.8 Å². The normalized spacial score (nSPS) is 11.4. The molecule has 0 aliphatic carbocycles. The van der Waals surface area contributed by atoms with E-state index in [1.54, 1.807) is 0 Å². The first kappa shape index (κ1) is 16.4. The number of ether oxygens (including phenoxy) is 1. The van der Waals surface area contributed by atoms with Crippen LogP contribution in [0.25, 0.3) is 0 Å². The molecular formula is C13H19BrN2O2S. The Morgan fingerprint density at radius 3 is 2.68 bits per heavy atom. The fourth-order valence-corrected chi connectivity index (χ4v) is 2.62. The lowest BCUT2D eigenvalue weighted by atomic mass is 10.2. The molecule has 19 heavy (non-hydrogen) atoms. The molecule has 0 spiro atoms. The van der Waals surface area contributed by atoms with Crippen molar-refractivity contribution in [2.45, 2.75) is 51.2 Å². The van der Waals surface area contributed by atoms with Crippen molar-refractivity contribution < 1.29 is 9.53 Å². The van der Waals surface area contributed by atoms with Gasteiger partial charge >= 0.3 is 5.97 Å². The number of nitrogens with zero attached hydrogens (tertiary/aromatic N) is 2. The van der Waals surface area contributed by atoms with Crippen LogP contribution in [0, 0.1) is 0 Å². The van der Waals surface area contributed by atoms with Crippen molar-refractivity contribution in [1.29, 1.82) is 0 Å². The summed E-state index contributed by atoms with van der Waals surface area (Å²) in [5.41, 5.74) is -0.447. The maximum Gasteiger partial charge on any atom is 0.316 e. The van der Waals surface area contributed by atoms with E-state index in [1.807, 2.05) is 26.8 Å². The Morgan fingerprint density at radius 1 is 1.42 bits per heavy atom. The predicted molar refractivity (Wildman–Crippen MR) is 80.3 cm³/mol. The Bertz CT molecular complexity index is 447. The third-order valence-electron chi connectivity index (χ3n) is 1.95. The van der Waals surface area contributed by atoms with Gasteiger partial charge in [0.2, 0.25) is 0 Å². The average molecular weight is 347 g/mol. The van der Waals surface area contributed by atoms with Gasteiger partial charge < -0.3 is 4.74 Å². The average Bonchev–Trinajstić information content (AvgIpc) is 2.24. The molecule has 0 saturated heterocycles. The van der Waals surface area contributed by atoms with Crippen molar-refractivity contribution in [3.63, 3.8) is 0 Å². The van der Waals surface area contributed by atoms with E-state index in [-0.39, 0.29) is 11.7 Å². The lowest BCUT2D eigenvalue weighted by Gasteiger charge is -2.19. The molecule has 0 amide bonds. The SMILES string of the molecule is CCCc1nc(Br)cc(SCC(=O)OC(C)(C)C)n1. The predicted octanol–water partition coefficient (Wildman–Crippen LogP) is 3.63. The maximum atomic E-state index is 11.6. The van der Waals surface area contributed by atoms with Crippen LogP contribution in [0.2, 0.25) is 0 Å². The van der Waals surface area contributed by atoms with E-state index in [0.717, 1.165) is 28.3 Å². The Hall–Kier alpha value is -0.620. The van der Waals surface area contributed by atoms with Crippen molar-refractivity contribution in [2.75, 3.05) is 5.75 Å². The van der Waals surface area contributed by atoms with Crippen LogP contribution in [0.5, 0.6) is 0 Å². The molecule has 0 radical (unpaired) electrons. The Balaban J connectivity index is 2.60. The minimum atomic E-state index is -0.447. The van der Waals surface area contributed by atoms with Crippen LogP contribution in [-0.2, 0) is 16.0 Å². The highest BCUT2D eigenvalue weighted by molar-refractivity contribution is 9.10. The zero-order valence-corrected chi connectivity index (χ0v) is 14.1. The molecule has 0 aliphatic heterocycles. The summed E-state index contributed by atoms with van der Waals surface area (Å²) in [6.45, 7) is 7.65. The summed E-state index contributed by atoms with van der Waals surface area (Å²) in [6.07, 6.45) is 1.83. The summed E-state index contributed by atoms with van der Waals surface area (Å²) in [4.78, 5) is 20.3. The molecule has 0 atom stereocenters. The van der Waals surface area contributed by atoms with Gasteiger partial charge in [0.25, 0.3) is 0 Å². The number of carbonyl (C=O) groups excluding carboxylic acids is 1. The molecule has 0 unspecified atom stereocenters. The number of thioether (sulfide) groups is 1. The third kappa shape index (κ3) is 6.92. The largest absolute Gasteiger partial charge is 0.459 e. The van der Waals surface area contributed by atoms with Gasteiger partial charge in [0.1, 0.15) is 21.1 Å². The first-order chi connectivity index (χ1) is 8.80. The summed E-state index contributed by atoms with van der Waals surface area (Å²) in [6, 6.07) is 1.81. The molecule has 0 bridgehead atoms. The van der Waals surface area contributed by atoms with Gasteiger partial charge in [-0.3, -0.25) is 4.79 Å². The van der Waals surface area contributed by atoms with Crippen LogP contribution in [0.4, 0.5) is 0 Å². The van der Waals surface area contributed by atoms with Crippen LogP contribution in [0.15, 0.2) is 15.7 Å². The van der Waals surface area contributed by atoms with Crippen LogP contribution >= 0.6 is 27.7 Å². The second-order valence-corrected chi connectivity index (χ2v) is 6.88. The molecule has 6 heteroatoms. The first-order valence-corrected chi connectivity index (χ1v) is 7.96. The minimum absolute atomic E-state index is 0.232. The number of hydrogen-bond donors (Lipinski definition) is 0. The number of halogens is 1. The van der Waals surface area contributed by atoms with E-state index < -0.39 is 5.60 Å². The topological polar surface area (TPSA) is 52.1 Å². The van der Waals surface area contributed by atoms with E-state index in [0.29, 0.717) is 0 Å². The van der Waals surface area contributed by atoms with Gasteiger partial charge in [0.05, 0.1) is 5.75 Å². The molecule has 0 aromatic carbocycles. The Labute approximate surface area is 126 Å². The highest BCUT2D eigenvalue weighted by Gasteiger charge is 2.16. The van der Waals surface area contributed by atoms with Gasteiger partial charge in [0, 0.05) is 12.5 Å². The highest BCUT2D eigenvalue weighted by atomic mass is 79.9. The van der Waals surface area contributed by atoms with Gasteiger partial charge in [-0.1, -0.05) is 18.7 Å². The molecule has 1 aromatic rings.